The molecule has 0 unspecified atom stereocenters. The summed E-state index contributed by atoms with van der Waals surface area (Å²) in [6, 6.07) is 4.44. The molecule has 3 aromatic heterocycles. The fraction of sp³-hybridized carbons (Fsp3) is 0.316. The standard InChI is InChI=1S/C19H18F2N6O3S2/c1-24-18(28)17-15(4-9-31-17)27-16(22-23-19(24)27)11-25-5-7-26(8-6-25)32(29,30)12-2-3-13(20)14(21)10-12/h2-4,9-10H,5-8,11H2,1H3. The molecule has 1 aliphatic rings. The van der Waals surface area contributed by atoms with Crippen molar-refractivity contribution in [1.29, 1.82) is 0 Å². The molecule has 0 saturated carbocycles. The Morgan fingerprint density at radius 2 is 1.81 bits per heavy atom. The average Bonchev–Trinajstić information content (AvgIpc) is 3.41. The van der Waals surface area contributed by atoms with Gasteiger partial charge in [0.2, 0.25) is 15.8 Å². The van der Waals surface area contributed by atoms with Crippen LogP contribution < -0.4 is 5.56 Å². The molecule has 0 bridgehead atoms. The number of benzene rings is 1. The van der Waals surface area contributed by atoms with E-state index in [1.165, 1.54) is 20.2 Å². The highest BCUT2D eigenvalue weighted by Gasteiger charge is 2.30. The highest BCUT2D eigenvalue weighted by atomic mass is 32.2. The van der Waals surface area contributed by atoms with Gasteiger partial charge in [0.05, 0.1) is 17.0 Å². The van der Waals surface area contributed by atoms with E-state index in [1.54, 1.807) is 7.05 Å². The third-order valence-electron chi connectivity index (χ3n) is 5.62. The largest absolute Gasteiger partial charge is 0.293 e. The first-order chi connectivity index (χ1) is 15.3. The van der Waals surface area contributed by atoms with Gasteiger partial charge in [0, 0.05) is 33.2 Å². The minimum atomic E-state index is -3.92. The predicted molar refractivity (Wildman–Crippen MR) is 114 cm³/mol. The van der Waals surface area contributed by atoms with Crippen LogP contribution in [0.4, 0.5) is 8.78 Å². The van der Waals surface area contributed by atoms with E-state index in [4.69, 9.17) is 0 Å². The maximum Gasteiger partial charge on any atom is 0.272 e. The van der Waals surface area contributed by atoms with Crippen LogP contribution in [0.25, 0.3) is 16.0 Å². The van der Waals surface area contributed by atoms with Gasteiger partial charge in [0.15, 0.2) is 17.5 Å². The van der Waals surface area contributed by atoms with Crippen LogP contribution in [-0.4, -0.2) is 63.0 Å². The van der Waals surface area contributed by atoms with E-state index in [1.807, 2.05) is 20.7 Å². The molecule has 13 heteroatoms. The summed E-state index contributed by atoms with van der Waals surface area (Å²) in [5.74, 6) is -1.20. The van der Waals surface area contributed by atoms with Crippen LogP contribution in [0, 0.1) is 11.6 Å². The zero-order valence-corrected chi connectivity index (χ0v) is 18.5. The Hall–Kier alpha value is -2.74. The molecule has 4 aromatic rings. The second-order valence-corrected chi connectivity index (χ2v) is 10.4. The molecular formula is C19H18F2N6O3S2. The van der Waals surface area contributed by atoms with Crippen LogP contribution in [0.3, 0.4) is 0 Å². The van der Waals surface area contributed by atoms with Crippen molar-refractivity contribution in [2.24, 2.45) is 7.05 Å². The van der Waals surface area contributed by atoms with Crippen LogP contribution in [0.2, 0.25) is 0 Å². The average molecular weight is 481 g/mol. The molecule has 5 rings (SSSR count). The summed E-state index contributed by atoms with van der Waals surface area (Å²) in [7, 11) is -2.27. The Balaban J connectivity index is 1.36. The van der Waals surface area contributed by atoms with Crippen LogP contribution in [0.5, 0.6) is 0 Å². The van der Waals surface area contributed by atoms with Crippen molar-refractivity contribution in [2.45, 2.75) is 11.4 Å². The number of hydrogen-bond acceptors (Lipinski definition) is 7. The number of fused-ring (bicyclic) bond motifs is 3. The third-order valence-corrected chi connectivity index (χ3v) is 8.41. The van der Waals surface area contributed by atoms with Crippen molar-refractivity contribution in [2.75, 3.05) is 26.2 Å². The normalized spacial score (nSPS) is 16.3. The maximum atomic E-state index is 13.5. The lowest BCUT2D eigenvalue weighted by atomic mass is 10.3. The molecule has 0 amide bonds. The Labute approximate surface area is 185 Å². The number of nitrogens with zero attached hydrogens (tertiary/aromatic N) is 6. The van der Waals surface area contributed by atoms with E-state index in [0.717, 1.165) is 17.6 Å². The Bertz CT molecular complexity index is 1500. The molecule has 4 heterocycles. The van der Waals surface area contributed by atoms with Crippen LogP contribution in [-0.2, 0) is 23.6 Å². The highest BCUT2D eigenvalue weighted by Crippen LogP contribution is 2.22. The van der Waals surface area contributed by atoms with Gasteiger partial charge in [-0.3, -0.25) is 18.7 Å². The first kappa shape index (κ1) is 21.1. The fourth-order valence-corrected chi connectivity index (χ4v) is 6.16. The van der Waals surface area contributed by atoms with Gasteiger partial charge in [-0.25, -0.2) is 17.2 Å². The molecule has 168 valence electrons. The summed E-state index contributed by atoms with van der Waals surface area (Å²) in [6.07, 6.45) is 0. The van der Waals surface area contributed by atoms with Crippen molar-refractivity contribution < 1.29 is 17.2 Å². The number of rotatable bonds is 4. The molecule has 0 N–H and O–H groups in total. The first-order valence-corrected chi connectivity index (χ1v) is 12.1. The fourth-order valence-electron chi connectivity index (χ4n) is 3.87. The molecule has 0 radical (unpaired) electrons. The summed E-state index contributed by atoms with van der Waals surface area (Å²) in [6.45, 7) is 1.67. The number of piperazine rings is 1. The smallest absolute Gasteiger partial charge is 0.272 e. The van der Waals surface area contributed by atoms with Crippen LogP contribution in [0.15, 0.2) is 39.3 Å². The van der Waals surface area contributed by atoms with Gasteiger partial charge in [-0.1, -0.05) is 0 Å². The molecule has 9 nitrogen and oxygen atoms in total. The van der Waals surface area contributed by atoms with Gasteiger partial charge < -0.3 is 0 Å². The van der Waals surface area contributed by atoms with Crippen molar-refractivity contribution in [1.82, 2.24) is 28.4 Å². The third kappa shape index (κ3) is 3.32. The topological polar surface area (TPSA) is 92.8 Å². The minimum Gasteiger partial charge on any atom is -0.293 e. The summed E-state index contributed by atoms with van der Waals surface area (Å²) < 4.78 is 57.5. The SMILES string of the molecule is Cn1c(=O)c2sccc2n2c(CN3CCN(S(=O)(=O)c4ccc(F)c(F)c4)CC3)nnc12. The Kier molecular flexibility index (Phi) is 5.08. The van der Waals surface area contributed by atoms with Crippen molar-refractivity contribution in [3.63, 3.8) is 0 Å². The van der Waals surface area contributed by atoms with Gasteiger partial charge in [-0.05, 0) is 29.6 Å². The highest BCUT2D eigenvalue weighted by molar-refractivity contribution is 7.89. The Morgan fingerprint density at radius 3 is 2.53 bits per heavy atom. The monoisotopic (exact) mass is 480 g/mol. The van der Waals surface area contributed by atoms with Gasteiger partial charge in [-0.2, -0.15) is 4.31 Å². The zero-order valence-electron chi connectivity index (χ0n) is 16.9. The number of halogens is 2. The second kappa shape index (κ2) is 7.69. The van der Waals surface area contributed by atoms with Crippen LogP contribution >= 0.6 is 11.3 Å². The number of hydrogen-bond donors (Lipinski definition) is 0. The van der Waals surface area contributed by atoms with Crippen LogP contribution in [0.1, 0.15) is 5.82 Å². The van der Waals surface area contributed by atoms with Gasteiger partial charge >= 0.3 is 0 Å². The molecule has 1 fully saturated rings. The Morgan fingerprint density at radius 1 is 1.06 bits per heavy atom. The predicted octanol–water partition coefficient (Wildman–Crippen LogP) is 1.43. The maximum absolute atomic E-state index is 13.5. The molecule has 1 saturated heterocycles. The summed E-state index contributed by atoms with van der Waals surface area (Å²) in [5.41, 5.74) is 0.616. The van der Waals surface area contributed by atoms with Crippen molar-refractivity contribution >= 4 is 37.4 Å². The molecule has 1 aliphatic heterocycles. The van der Waals surface area contributed by atoms with E-state index < -0.39 is 21.7 Å². The van der Waals surface area contributed by atoms with Crippen molar-refractivity contribution in [3.05, 3.63) is 57.5 Å². The summed E-state index contributed by atoms with van der Waals surface area (Å²) in [5, 5.41) is 10.3. The van der Waals surface area contributed by atoms with E-state index in [9.17, 15) is 22.0 Å². The van der Waals surface area contributed by atoms with Crippen molar-refractivity contribution in [3.8, 4) is 0 Å². The molecule has 0 aliphatic carbocycles. The van der Waals surface area contributed by atoms with E-state index in [2.05, 4.69) is 10.2 Å². The van der Waals surface area contributed by atoms with E-state index in [-0.39, 0.29) is 23.5 Å². The molecule has 32 heavy (non-hydrogen) atoms. The number of thiophene rings is 1. The molecule has 1 aromatic carbocycles. The lowest BCUT2D eigenvalue weighted by molar-refractivity contribution is 0.177. The second-order valence-electron chi connectivity index (χ2n) is 7.51. The summed E-state index contributed by atoms with van der Waals surface area (Å²) in [4.78, 5) is 14.2. The first-order valence-electron chi connectivity index (χ1n) is 9.75. The quantitative estimate of drug-likeness (QED) is 0.439. The molecule has 0 spiro atoms. The minimum absolute atomic E-state index is 0.127. The van der Waals surface area contributed by atoms with Gasteiger partial charge in [0.1, 0.15) is 4.70 Å². The van der Waals surface area contributed by atoms with E-state index >= 15 is 0 Å². The number of aromatic nitrogens is 4. The van der Waals surface area contributed by atoms with Gasteiger partial charge in [-0.15, -0.1) is 21.5 Å². The lowest BCUT2D eigenvalue weighted by Crippen LogP contribution is -2.48. The molecular weight excluding hydrogens is 462 g/mol. The summed E-state index contributed by atoms with van der Waals surface area (Å²) >= 11 is 1.36. The number of sulfonamides is 1. The zero-order chi connectivity index (χ0) is 22.6. The van der Waals surface area contributed by atoms with Gasteiger partial charge in [0.25, 0.3) is 5.56 Å². The lowest BCUT2D eigenvalue weighted by Gasteiger charge is -2.33. The van der Waals surface area contributed by atoms with E-state index in [0.29, 0.717) is 42.0 Å². The molecule has 0 atom stereocenters. The number of aryl methyl sites for hydroxylation is 1.